The number of rotatable bonds is 5. The number of benzene rings is 1. The Morgan fingerprint density at radius 2 is 1.89 bits per heavy atom. The van der Waals surface area contributed by atoms with E-state index in [-0.39, 0.29) is 40.7 Å². The van der Waals surface area contributed by atoms with E-state index >= 15 is 0 Å². The van der Waals surface area contributed by atoms with Crippen LogP contribution < -0.4 is 10.6 Å². The summed E-state index contributed by atoms with van der Waals surface area (Å²) in [5.74, 6) is -0.824. The molecule has 8 nitrogen and oxygen atoms in total. The molecule has 2 fully saturated rings. The van der Waals surface area contributed by atoms with Crippen LogP contribution in [-0.2, 0) is 20.5 Å². The summed E-state index contributed by atoms with van der Waals surface area (Å²) in [5.41, 5.74) is -0.574. The fourth-order valence-corrected chi connectivity index (χ4v) is 5.35. The van der Waals surface area contributed by atoms with E-state index in [1.54, 1.807) is 4.90 Å². The third kappa shape index (κ3) is 5.55. The zero-order chi connectivity index (χ0) is 26.3. The number of aromatic nitrogens is 2. The van der Waals surface area contributed by atoms with Gasteiger partial charge in [0.1, 0.15) is 18.2 Å². The van der Waals surface area contributed by atoms with E-state index in [1.165, 1.54) is 19.5 Å². The minimum absolute atomic E-state index is 0.108. The SMILES string of the molecule is COC(=O)[C@@H]1C[C@H](NC(C)(C)C)CC[C@@H]1N1CC[C@H](Nc2ncnc3ccc(C(F)(F)F)cc23)C1=O. The van der Waals surface area contributed by atoms with Crippen LogP contribution in [0.4, 0.5) is 19.0 Å². The van der Waals surface area contributed by atoms with Gasteiger partial charge in [0.2, 0.25) is 5.91 Å². The molecule has 0 radical (unpaired) electrons. The molecule has 4 rings (SSSR count). The van der Waals surface area contributed by atoms with E-state index in [0.717, 1.165) is 18.6 Å². The van der Waals surface area contributed by atoms with Crippen molar-refractivity contribution in [2.45, 2.75) is 76.3 Å². The Morgan fingerprint density at radius 3 is 2.56 bits per heavy atom. The van der Waals surface area contributed by atoms with E-state index in [4.69, 9.17) is 4.74 Å². The number of amides is 1. The van der Waals surface area contributed by atoms with Crippen LogP contribution in [0.2, 0.25) is 0 Å². The van der Waals surface area contributed by atoms with Gasteiger partial charge >= 0.3 is 12.1 Å². The van der Waals surface area contributed by atoms with Crippen molar-refractivity contribution in [2.24, 2.45) is 5.92 Å². The molecule has 1 aromatic carbocycles. The molecule has 1 saturated carbocycles. The lowest BCUT2D eigenvalue weighted by atomic mass is 9.80. The number of ether oxygens (including phenoxy) is 1. The molecule has 1 amide bonds. The van der Waals surface area contributed by atoms with E-state index in [1.807, 2.05) is 0 Å². The Kier molecular flexibility index (Phi) is 7.14. The van der Waals surface area contributed by atoms with Crippen molar-refractivity contribution in [1.29, 1.82) is 0 Å². The average molecular weight is 508 g/mol. The summed E-state index contributed by atoms with van der Waals surface area (Å²) in [6, 6.07) is 2.42. The molecule has 2 aliphatic rings. The fraction of sp³-hybridized carbons (Fsp3) is 0.600. The highest BCUT2D eigenvalue weighted by Crippen LogP contribution is 2.35. The molecule has 0 unspecified atom stereocenters. The number of carbonyl (C=O) groups is 2. The van der Waals surface area contributed by atoms with Gasteiger partial charge in [-0.1, -0.05) is 0 Å². The Labute approximate surface area is 208 Å². The smallest absolute Gasteiger partial charge is 0.416 e. The number of methoxy groups -OCH3 is 1. The number of anilines is 1. The van der Waals surface area contributed by atoms with Crippen LogP contribution in [0, 0.1) is 5.92 Å². The number of alkyl halides is 3. The first-order chi connectivity index (χ1) is 16.9. The summed E-state index contributed by atoms with van der Waals surface area (Å²) >= 11 is 0. The molecule has 2 N–H and O–H groups in total. The number of carbonyl (C=O) groups excluding carboxylic acids is 2. The molecule has 196 valence electrons. The van der Waals surface area contributed by atoms with Crippen LogP contribution in [-0.4, -0.2) is 64.1 Å². The average Bonchev–Trinajstić information content (AvgIpc) is 3.16. The monoisotopic (exact) mass is 507 g/mol. The van der Waals surface area contributed by atoms with Crippen molar-refractivity contribution in [1.82, 2.24) is 20.2 Å². The van der Waals surface area contributed by atoms with E-state index in [2.05, 4.69) is 41.4 Å². The minimum atomic E-state index is -4.51. The first kappa shape index (κ1) is 26.1. The van der Waals surface area contributed by atoms with Crippen molar-refractivity contribution >= 4 is 28.6 Å². The Balaban J connectivity index is 1.52. The molecule has 11 heteroatoms. The summed E-state index contributed by atoms with van der Waals surface area (Å²) < 4.78 is 44.8. The number of likely N-dealkylation sites (tertiary alicyclic amines) is 1. The van der Waals surface area contributed by atoms with E-state index in [0.29, 0.717) is 31.3 Å². The standard InChI is InChI=1S/C25H32F3N5O3/c1-24(2,3)32-15-6-8-20(17(12-15)23(35)36-4)33-10-9-19(22(33)34)31-21-16-11-14(25(26,27)28)5-7-18(16)29-13-30-21/h5,7,11,13,15,17,19-20,32H,6,8-10,12H2,1-4H3,(H,29,30,31)/t15-,17-,19+,20+/m1/s1. The maximum Gasteiger partial charge on any atom is 0.416 e. The molecule has 2 heterocycles. The summed E-state index contributed by atoms with van der Waals surface area (Å²) in [7, 11) is 1.35. The fourth-order valence-electron chi connectivity index (χ4n) is 5.35. The summed E-state index contributed by atoms with van der Waals surface area (Å²) in [5, 5.41) is 6.78. The van der Waals surface area contributed by atoms with Gasteiger partial charge in [-0.25, -0.2) is 9.97 Å². The van der Waals surface area contributed by atoms with Gasteiger partial charge in [0.15, 0.2) is 0 Å². The highest BCUT2D eigenvalue weighted by atomic mass is 19.4. The van der Waals surface area contributed by atoms with Crippen molar-refractivity contribution in [3.8, 4) is 0 Å². The van der Waals surface area contributed by atoms with Gasteiger partial charge in [-0.15, -0.1) is 0 Å². The molecule has 2 aromatic rings. The molecule has 1 aromatic heterocycles. The molecule has 4 atom stereocenters. The van der Waals surface area contributed by atoms with Gasteiger partial charge in [-0.05, 0) is 64.7 Å². The van der Waals surface area contributed by atoms with Crippen molar-refractivity contribution in [3.05, 3.63) is 30.1 Å². The molecule has 0 bridgehead atoms. The number of nitrogens with zero attached hydrogens (tertiary/aromatic N) is 3. The van der Waals surface area contributed by atoms with Gasteiger partial charge in [0.05, 0.1) is 24.1 Å². The molecule has 1 saturated heterocycles. The topological polar surface area (TPSA) is 96.5 Å². The lowest BCUT2D eigenvalue weighted by Gasteiger charge is -2.41. The van der Waals surface area contributed by atoms with Crippen molar-refractivity contribution in [3.63, 3.8) is 0 Å². The maximum atomic E-state index is 13.4. The molecule has 1 aliphatic heterocycles. The van der Waals surface area contributed by atoms with Crippen LogP contribution >= 0.6 is 0 Å². The van der Waals surface area contributed by atoms with E-state index < -0.39 is 23.7 Å². The molecule has 1 aliphatic carbocycles. The van der Waals surface area contributed by atoms with Gasteiger partial charge in [0.25, 0.3) is 0 Å². The number of esters is 1. The molecule has 36 heavy (non-hydrogen) atoms. The van der Waals surface area contributed by atoms with Crippen molar-refractivity contribution in [2.75, 3.05) is 19.0 Å². The zero-order valence-corrected chi connectivity index (χ0v) is 20.9. The molecular formula is C25H32F3N5O3. The predicted molar refractivity (Wildman–Crippen MR) is 128 cm³/mol. The second-order valence-corrected chi connectivity index (χ2v) is 10.6. The Hall–Kier alpha value is -2.95. The van der Waals surface area contributed by atoms with Gasteiger partial charge < -0.3 is 20.3 Å². The third-order valence-corrected chi connectivity index (χ3v) is 6.87. The lowest BCUT2D eigenvalue weighted by Crippen LogP contribution is -2.54. The largest absolute Gasteiger partial charge is 0.469 e. The summed E-state index contributed by atoms with van der Waals surface area (Å²) in [6.45, 7) is 6.64. The van der Waals surface area contributed by atoms with Gasteiger partial charge in [-0.3, -0.25) is 9.59 Å². The highest BCUT2D eigenvalue weighted by molar-refractivity contribution is 5.93. The van der Waals surface area contributed by atoms with Crippen LogP contribution in [0.1, 0.15) is 52.0 Å². The zero-order valence-electron chi connectivity index (χ0n) is 20.9. The number of fused-ring (bicyclic) bond motifs is 1. The Bertz CT molecular complexity index is 1130. The summed E-state index contributed by atoms with van der Waals surface area (Å²) in [4.78, 5) is 36.0. The first-order valence-corrected chi connectivity index (χ1v) is 12.1. The second-order valence-electron chi connectivity index (χ2n) is 10.6. The highest BCUT2D eigenvalue weighted by Gasteiger charge is 2.45. The molecule has 0 spiro atoms. The number of hydrogen-bond acceptors (Lipinski definition) is 7. The number of halogens is 3. The van der Waals surface area contributed by atoms with Crippen molar-refractivity contribution < 1.29 is 27.5 Å². The normalized spacial score (nSPS) is 25.3. The second kappa shape index (κ2) is 9.84. The van der Waals surface area contributed by atoms with E-state index in [9.17, 15) is 22.8 Å². The van der Waals surface area contributed by atoms with Gasteiger partial charge in [-0.2, -0.15) is 13.2 Å². The quantitative estimate of drug-likeness (QED) is 0.595. The number of nitrogens with one attached hydrogen (secondary N) is 2. The summed E-state index contributed by atoms with van der Waals surface area (Å²) in [6.07, 6.45) is -0.785. The van der Waals surface area contributed by atoms with Crippen LogP contribution in [0.25, 0.3) is 10.9 Å². The lowest BCUT2D eigenvalue weighted by molar-refractivity contribution is -0.151. The third-order valence-electron chi connectivity index (χ3n) is 6.87. The number of hydrogen-bond donors (Lipinski definition) is 2. The predicted octanol–water partition coefficient (Wildman–Crippen LogP) is 3.76. The van der Waals surface area contributed by atoms with Crippen LogP contribution in [0.15, 0.2) is 24.5 Å². The minimum Gasteiger partial charge on any atom is -0.469 e. The van der Waals surface area contributed by atoms with Crippen LogP contribution in [0.3, 0.4) is 0 Å². The molecular weight excluding hydrogens is 475 g/mol. The maximum absolute atomic E-state index is 13.4. The Morgan fingerprint density at radius 1 is 1.14 bits per heavy atom. The first-order valence-electron chi connectivity index (χ1n) is 12.1. The van der Waals surface area contributed by atoms with Gasteiger partial charge in [0, 0.05) is 29.6 Å². The van der Waals surface area contributed by atoms with Crippen LogP contribution in [0.5, 0.6) is 0 Å².